The van der Waals surface area contributed by atoms with Gasteiger partial charge < -0.3 is 100 Å². The number of hydrogen-bond donors (Lipinski definition) is 8. The summed E-state index contributed by atoms with van der Waals surface area (Å²) in [5.74, 6) is -19.2. The molecule has 32 nitrogen and oxygen atoms in total. The Morgan fingerprint density at radius 1 is 0.171 bits per heavy atom. The van der Waals surface area contributed by atoms with E-state index in [2.05, 4.69) is 27.7 Å². The Morgan fingerprint density at radius 3 is 0.357 bits per heavy atom. The third-order valence-electron chi connectivity index (χ3n) is 24.6. The van der Waals surface area contributed by atoms with Gasteiger partial charge in [0, 0.05) is 75.7 Å². The molecule has 792 valence electrons. The average Bonchev–Trinajstić information content (AvgIpc) is 0.879. The first kappa shape index (κ1) is 151. The molecule has 0 aromatic rings. The number of aliphatic carboxylic acids is 12. The molecule has 0 aliphatic heterocycles. The summed E-state index contributed by atoms with van der Waals surface area (Å²) in [7, 11) is 0. The van der Waals surface area contributed by atoms with Crippen LogP contribution in [0.3, 0.4) is 0 Å². The Morgan fingerprint density at radius 2 is 0.271 bits per heavy atom. The minimum Gasteiger partial charge on any atom is -0.550 e. The maximum atomic E-state index is 12.3. The molecule has 0 spiro atoms. The predicted octanol–water partition coefficient (Wildman–Crippen LogP) is 6.15. The number of nitrogens with zero attached hydrogens (tertiary/aromatic N) is 4. The van der Waals surface area contributed by atoms with E-state index >= 15 is 0 Å². The van der Waals surface area contributed by atoms with E-state index in [0.717, 1.165) is 122 Å². The van der Waals surface area contributed by atoms with Crippen molar-refractivity contribution in [2.45, 2.75) is 540 Å². The minimum atomic E-state index is -1.50. The van der Waals surface area contributed by atoms with E-state index in [-0.39, 0.29) is 144 Å². The molecular formula is C104H184N4Na4O28. The molecule has 0 bridgehead atoms. The molecule has 0 heterocycles. The first-order chi connectivity index (χ1) is 65.2. The van der Waals surface area contributed by atoms with Crippen LogP contribution in [0.25, 0.3) is 0 Å². The van der Waals surface area contributed by atoms with E-state index in [9.17, 15) is 118 Å². The van der Waals surface area contributed by atoms with Crippen molar-refractivity contribution in [3.63, 3.8) is 0 Å². The number of carbonyl (C=O) groups excluding carboxylic acids is 8. The maximum Gasteiger partial charge on any atom is 1.00 e. The SMILES string of the molecule is CCCCCCCCCCCCCCCCCCN(C(=O)CCC(=O)[O-])C(CC(=O)O)C(=O)O.CCCCCCCCCCCCCCCCCCN(C(=O)CCC(=O)[O-])C(CC(=O)O)C(=O)O.CCCCCCCCCCCCCCCCCCN(C(=O)CCC(=O)[O-])C(CC(=O)O)C(=O)O.CCCCCCCCCCCCCCCCCCN(C(=O)CCC(=O)[O-])C(CC(=O)O)C(=O)O.[Na+].[Na+].[Na+].[Na+]. The van der Waals surface area contributed by atoms with Gasteiger partial charge in [-0.05, 0) is 51.4 Å². The first-order valence-electron chi connectivity index (χ1n) is 52.9. The Hall–Kier alpha value is -4.48. The fourth-order valence-corrected chi connectivity index (χ4v) is 16.5. The summed E-state index contributed by atoms with van der Waals surface area (Å²) in [6.45, 7) is 9.38. The van der Waals surface area contributed by atoms with Crippen molar-refractivity contribution in [1.82, 2.24) is 19.6 Å². The predicted molar refractivity (Wildman–Crippen MR) is 517 cm³/mol. The molecule has 4 unspecified atom stereocenters. The molecule has 140 heavy (non-hydrogen) atoms. The van der Waals surface area contributed by atoms with E-state index in [1.54, 1.807) is 0 Å². The number of carboxylic acid groups (broad SMARTS) is 12. The summed E-state index contributed by atoms with van der Waals surface area (Å²) in [5, 5.41) is 116. The molecule has 0 saturated carbocycles. The Labute approximate surface area is 928 Å². The van der Waals surface area contributed by atoms with Gasteiger partial charge >= 0.3 is 166 Å². The third-order valence-corrected chi connectivity index (χ3v) is 24.6. The van der Waals surface area contributed by atoms with Crippen molar-refractivity contribution < 1.29 is 256 Å². The summed E-state index contributed by atoms with van der Waals surface area (Å²) in [5.41, 5.74) is 0. The van der Waals surface area contributed by atoms with Crippen LogP contribution < -0.4 is 139 Å². The van der Waals surface area contributed by atoms with Crippen molar-refractivity contribution in [2.75, 3.05) is 26.2 Å². The molecular weight excluding hydrogens is 1850 g/mol. The van der Waals surface area contributed by atoms with Crippen LogP contribution in [0.1, 0.15) is 516 Å². The molecule has 4 atom stereocenters. The van der Waals surface area contributed by atoms with Crippen LogP contribution in [0.15, 0.2) is 0 Å². The fourth-order valence-electron chi connectivity index (χ4n) is 16.5. The molecule has 0 rings (SSSR count). The van der Waals surface area contributed by atoms with Gasteiger partial charge in [-0.3, -0.25) is 38.4 Å². The van der Waals surface area contributed by atoms with E-state index < -0.39 is 196 Å². The number of amides is 4. The molecule has 0 aromatic heterocycles. The van der Waals surface area contributed by atoms with Gasteiger partial charge in [0.25, 0.3) is 0 Å². The summed E-state index contributed by atoms with van der Waals surface area (Å²) in [6.07, 6.45) is 69.8. The Kier molecular flexibility index (Phi) is 119. The van der Waals surface area contributed by atoms with Gasteiger partial charge in [-0.1, -0.05) is 413 Å². The number of rotatable bonds is 96. The quantitative estimate of drug-likeness (QED) is 0.0250. The van der Waals surface area contributed by atoms with Crippen LogP contribution in [0.4, 0.5) is 0 Å². The largest absolute Gasteiger partial charge is 1.00 e. The van der Waals surface area contributed by atoms with Crippen LogP contribution in [0.2, 0.25) is 0 Å². The second-order valence-corrected chi connectivity index (χ2v) is 36.9. The molecule has 0 aromatic carbocycles. The zero-order chi connectivity index (χ0) is 102. The van der Waals surface area contributed by atoms with Crippen molar-refractivity contribution in [3.05, 3.63) is 0 Å². The second-order valence-electron chi connectivity index (χ2n) is 36.9. The smallest absolute Gasteiger partial charge is 0.550 e. The van der Waals surface area contributed by atoms with Crippen LogP contribution in [-0.4, -0.2) is 206 Å². The third kappa shape index (κ3) is 102. The summed E-state index contributed by atoms with van der Waals surface area (Å²) >= 11 is 0. The van der Waals surface area contributed by atoms with Gasteiger partial charge in [-0.15, -0.1) is 0 Å². The van der Waals surface area contributed by atoms with Crippen LogP contribution in [-0.2, 0) is 76.7 Å². The molecule has 0 aliphatic rings. The maximum absolute atomic E-state index is 12.3. The number of unbranched alkanes of at least 4 members (excludes halogenated alkanes) is 60. The van der Waals surface area contributed by atoms with Crippen LogP contribution in [0.5, 0.6) is 0 Å². The van der Waals surface area contributed by atoms with Crippen LogP contribution in [0, 0.1) is 0 Å². The van der Waals surface area contributed by atoms with Gasteiger partial charge in [0.2, 0.25) is 23.6 Å². The van der Waals surface area contributed by atoms with Crippen LogP contribution >= 0.6 is 0 Å². The van der Waals surface area contributed by atoms with E-state index in [1.807, 2.05) is 0 Å². The Balaban J connectivity index is -0.000000274. The molecule has 4 amide bonds. The zero-order valence-corrected chi connectivity index (χ0v) is 96.4. The van der Waals surface area contributed by atoms with Gasteiger partial charge in [0.05, 0.1) is 25.7 Å². The minimum absolute atomic E-state index is 0. The molecule has 0 fully saturated rings. The van der Waals surface area contributed by atoms with Gasteiger partial charge in [-0.2, -0.15) is 0 Å². The topological polar surface area (TPSA) is 540 Å². The summed E-state index contributed by atoms with van der Waals surface area (Å²) in [4.78, 5) is 186. The first-order valence-corrected chi connectivity index (χ1v) is 52.9. The second kappa shape index (κ2) is 110. The van der Waals surface area contributed by atoms with Gasteiger partial charge in [-0.25, -0.2) is 19.2 Å². The van der Waals surface area contributed by atoms with Gasteiger partial charge in [0.1, 0.15) is 24.2 Å². The summed E-state index contributed by atoms with van der Waals surface area (Å²) < 4.78 is 0. The molecule has 0 saturated heterocycles. The van der Waals surface area contributed by atoms with Crippen molar-refractivity contribution in [2.24, 2.45) is 0 Å². The van der Waals surface area contributed by atoms with E-state index in [4.69, 9.17) is 20.4 Å². The van der Waals surface area contributed by atoms with Crippen molar-refractivity contribution in [3.8, 4) is 0 Å². The number of carboxylic acids is 12. The summed E-state index contributed by atoms with van der Waals surface area (Å²) in [6, 6.07) is -5.99. The Bertz CT molecular complexity index is 2740. The van der Waals surface area contributed by atoms with Crippen molar-refractivity contribution >= 4 is 95.3 Å². The molecule has 0 radical (unpaired) electrons. The standard InChI is InChI=1S/4C26H47NO7.4Na/c4*1-2-3-4-5-6-7-8-9-10-11-12-13-14-15-16-17-20-27(23(28)18-19-24(29)30)22(26(33)34)21-25(31)32;;;;/h4*22H,2-21H2,1H3,(H,29,30)(H,31,32)(H,33,34);;;;/q;;;;4*+1/p-4. The van der Waals surface area contributed by atoms with Gasteiger partial charge in [0.15, 0.2) is 0 Å². The van der Waals surface area contributed by atoms with E-state index in [1.165, 1.54) is 283 Å². The zero-order valence-electron chi connectivity index (χ0n) is 88.4. The average molecular weight is 2030 g/mol. The molecule has 36 heteroatoms. The molecule has 8 N–H and O–H groups in total. The fraction of sp³-hybridized carbons (Fsp3) is 0.846. The number of hydrogen-bond acceptors (Lipinski definition) is 20. The monoisotopic (exact) mass is 2030 g/mol. The molecule has 0 aliphatic carbocycles. The van der Waals surface area contributed by atoms with E-state index in [0.29, 0.717) is 25.7 Å². The van der Waals surface area contributed by atoms with Crippen molar-refractivity contribution in [1.29, 1.82) is 0 Å². The number of carbonyl (C=O) groups is 16. The normalized spacial score (nSPS) is 11.5.